The molecule has 2 amide bonds. The van der Waals surface area contributed by atoms with Crippen LogP contribution in [0.5, 0.6) is 0 Å². The van der Waals surface area contributed by atoms with Crippen molar-refractivity contribution in [3.8, 4) is 11.1 Å². The monoisotopic (exact) mass is 419 g/mol. The molecule has 1 saturated heterocycles. The maximum atomic E-state index is 13.1. The van der Waals surface area contributed by atoms with Gasteiger partial charge in [-0.1, -0.05) is 41.9 Å². The Balaban J connectivity index is 1.78. The van der Waals surface area contributed by atoms with Gasteiger partial charge in [-0.3, -0.25) is 24.8 Å². The molecule has 2 aromatic carbocycles. The second-order valence-corrected chi connectivity index (χ2v) is 7.09. The number of nitrogens with zero attached hydrogens (tertiary/aromatic N) is 2. The Morgan fingerprint density at radius 1 is 1.00 bits per heavy atom. The largest absolute Gasteiger partial charge is 0.298 e. The first-order valence-corrected chi connectivity index (χ1v) is 9.49. The first-order valence-electron chi connectivity index (χ1n) is 8.71. The number of benzene rings is 2. The molecule has 2 heterocycles. The number of carbonyl (C=O) groups is 2. The average molecular weight is 420 g/mol. The fourth-order valence-electron chi connectivity index (χ4n) is 3.04. The highest BCUT2D eigenvalue weighted by Crippen LogP contribution is 2.27. The zero-order valence-corrected chi connectivity index (χ0v) is 16.6. The predicted molar refractivity (Wildman–Crippen MR) is 117 cm³/mol. The number of hydrogen-bond acceptors (Lipinski definition) is 4. The summed E-state index contributed by atoms with van der Waals surface area (Å²) >= 11 is 11.2. The number of pyridine rings is 1. The summed E-state index contributed by atoms with van der Waals surface area (Å²) in [6.07, 6.45) is 4.83. The van der Waals surface area contributed by atoms with Crippen molar-refractivity contribution in [1.82, 2.24) is 10.3 Å². The number of nitrogens with one attached hydrogen (secondary N) is 1. The van der Waals surface area contributed by atoms with E-state index < -0.39 is 11.8 Å². The van der Waals surface area contributed by atoms with Crippen LogP contribution in [0.25, 0.3) is 17.2 Å². The van der Waals surface area contributed by atoms with Crippen LogP contribution in [0.2, 0.25) is 5.02 Å². The molecule has 1 N–H and O–H groups in total. The van der Waals surface area contributed by atoms with Gasteiger partial charge < -0.3 is 0 Å². The summed E-state index contributed by atoms with van der Waals surface area (Å²) in [5.74, 6) is -1.06. The average Bonchev–Trinajstić information content (AvgIpc) is 2.73. The van der Waals surface area contributed by atoms with Crippen molar-refractivity contribution >= 4 is 52.5 Å². The Bertz CT molecular complexity index is 1140. The molecule has 0 saturated carbocycles. The molecule has 142 valence electrons. The van der Waals surface area contributed by atoms with Gasteiger partial charge in [-0.2, -0.15) is 0 Å². The molecule has 7 heteroatoms. The van der Waals surface area contributed by atoms with Gasteiger partial charge in [-0.25, -0.2) is 0 Å². The molecule has 0 bridgehead atoms. The minimum absolute atomic E-state index is 0.0222. The van der Waals surface area contributed by atoms with Crippen LogP contribution in [-0.4, -0.2) is 21.9 Å². The maximum absolute atomic E-state index is 13.1. The molecule has 1 aliphatic heterocycles. The van der Waals surface area contributed by atoms with Crippen molar-refractivity contribution in [2.24, 2.45) is 0 Å². The summed E-state index contributed by atoms with van der Waals surface area (Å²) in [6, 6.07) is 18.2. The van der Waals surface area contributed by atoms with Crippen LogP contribution in [0.4, 0.5) is 5.69 Å². The molecule has 0 spiro atoms. The van der Waals surface area contributed by atoms with Gasteiger partial charge in [0, 0.05) is 23.0 Å². The van der Waals surface area contributed by atoms with Crippen LogP contribution < -0.4 is 10.2 Å². The summed E-state index contributed by atoms with van der Waals surface area (Å²) in [4.78, 5) is 31.1. The normalized spacial score (nSPS) is 15.6. The van der Waals surface area contributed by atoms with Crippen LogP contribution >= 0.6 is 23.8 Å². The van der Waals surface area contributed by atoms with Gasteiger partial charge in [-0.05, 0) is 59.8 Å². The minimum Gasteiger partial charge on any atom is -0.298 e. The zero-order chi connectivity index (χ0) is 20.4. The van der Waals surface area contributed by atoms with Crippen LogP contribution in [0, 0.1) is 0 Å². The summed E-state index contributed by atoms with van der Waals surface area (Å²) in [5.41, 5.74) is 2.96. The Kier molecular flexibility index (Phi) is 5.20. The highest BCUT2D eigenvalue weighted by Gasteiger charge is 2.34. The molecule has 0 atom stereocenters. The van der Waals surface area contributed by atoms with Crippen molar-refractivity contribution in [2.75, 3.05) is 4.90 Å². The quantitative estimate of drug-likeness (QED) is 0.392. The van der Waals surface area contributed by atoms with Gasteiger partial charge in [0.25, 0.3) is 11.8 Å². The van der Waals surface area contributed by atoms with Crippen LogP contribution in [0.1, 0.15) is 5.56 Å². The number of hydrogen-bond donors (Lipinski definition) is 1. The lowest BCUT2D eigenvalue weighted by Crippen LogP contribution is -2.54. The predicted octanol–water partition coefficient (Wildman–Crippen LogP) is 4.23. The van der Waals surface area contributed by atoms with E-state index in [1.54, 1.807) is 36.7 Å². The third-order valence-electron chi connectivity index (χ3n) is 4.42. The lowest BCUT2D eigenvalue weighted by Gasteiger charge is -2.29. The highest BCUT2D eigenvalue weighted by atomic mass is 35.5. The Labute approximate surface area is 177 Å². The summed E-state index contributed by atoms with van der Waals surface area (Å²) in [6.45, 7) is 0. The van der Waals surface area contributed by atoms with Crippen molar-refractivity contribution < 1.29 is 9.59 Å². The van der Waals surface area contributed by atoms with E-state index in [2.05, 4.69) is 10.3 Å². The number of thiocarbonyl (C=S) groups is 1. The van der Waals surface area contributed by atoms with Gasteiger partial charge >= 0.3 is 0 Å². The molecule has 4 rings (SSSR count). The number of carbonyl (C=O) groups excluding carboxylic acids is 2. The summed E-state index contributed by atoms with van der Waals surface area (Å²) < 4.78 is 0. The maximum Gasteiger partial charge on any atom is 0.270 e. The number of amides is 2. The van der Waals surface area contributed by atoms with E-state index in [1.165, 1.54) is 11.0 Å². The molecule has 1 aliphatic rings. The van der Waals surface area contributed by atoms with Crippen LogP contribution in [0.3, 0.4) is 0 Å². The standard InChI is InChI=1S/C22H14ClN3O2S/c23-16-6-8-17(9-7-16)26-21(28)19(20(27)25-22(26)29)12-15-13-24-11-10-18(15)14-4-2-1-3-5-14/h1-13H,(H,25,27,29). The number of anilines is 1. The van der Waals surface area contributed by atoms with E-state index in [0.29, 0.717) is 16.3 Å². The lowest BCUT2D eigenvalue weighted by atomic mass is 9.99. The molecule has 0 radical (unpaired) electrons. The third-order valence-corrected chi connectivity index (χ3v) is 4.96. The first-order chi connectivity index (χ1) is 14.0. The number of aromatic nitrogens is 1. The van der Waals surface area contributed by atoms with Gasteiger partial charge in [0.1, 0.15) is 5.57 Å². The van der Waals surface area contributed by atoms with E-state index in [-0.39, 0.29) is 10.7 Å². The molecule has 3 aromatic rings. The molecule has 1 aromatic heterocycles. The number of rotatable bonds is 3. The molecule has 5 nitrogen and oxygen atoms in total. The summed E-state index contributed by atoms with van der Waals surface area (Å²) in [5, 5.41) is 3.13. The smallest absolute Gasteiger partial charge is 0.270 e. The topological polar surface area (TPSA) is 62.3 Å². The summed E-state index contributed by atoms with van der Waals surface area (Å²) in [7, 11) is 0. The molecule has 0 unspecified atom stereocenters. The SMILES string of the molecule is O=C1NC(=S)N(c2ccc(Cl)cc2)C(=O)C1=Cc1cnccc1-c1ccccc1. The van der Waals surface area contributed by atoms with Crippen molar-refractivity contribution in [3.63, 3.8) is 0 Å². The Hall–Kier alpha value is -3.35. The van der Waals surface area contributed by atoms with Crippen molar-refractivity contribution in [3.05, 3.63) is 89.2 Å². The third kappa shape index (κ3) is 3.81. The van der Waals surface area contributed by atoms with E-state index in [4.69, 9.17) is 23.8 Å². The molecule has 0 aliphatic carbocycles. The molecular formula is C22H14ClN3O2S. The van der Waals surface area contributed by atoms with E-state index in [1.807, 2.05) is 36.4 Å². The van der Waals surface area contributed by atoms with Gasteiger partial charge in [0.15, 0.2) is 5.11 Å². The lowest BCUT2D eigenvalue weighted by molar-refractivity contribution is -0.122. The molecular weight excluding hydrogens is 406 g/mol. The minimum atomic E-state index is -0.548. The van der Waals surface area contributed by atoms with Gasteiger partial charge in [-0.15, -0.1) is 0 Å². The zero-order valence-electron chi connectivity index (χ0n) is 15.0. The first kappa shape index (κ1) is 19.0. The second kappa shape index (κ2) is 7.95. The molecule has 1 fully saturated rings. The fourth-order valence-corrected chi connectivity index (χ4v) is 3.45. The van der Waals surface area contributed by atoms with Crippen molar-refractivity contribution in [2.45, 2.75) is 0 Å². The van der Waals surface area contributed by atoms with Crippen LogP contribution in [-0.2, 0) is 9.59 Å². The highest BCUT2D eigenvalue weighted by molar-refractivity contribution is 7.80. The Morgan fingerprint density at radius 2 is 1.72 bits per heavy atom. The van der Waals surface area contributed by atoms with E-state index in [0.717, 1.165) is 11.1 Å². The number of halogens is 1. The van der Waals surface area contributed by atoms with E-state index >= 15 is 0 Å². The fraction of sp³-hybridized carbons (Fsp3) is 0. The Morgan fingerprint density at radius 3 is 2.45 bits per heavy atom. The van der Waals surface area contributed by atoms with Crippen molar-refractivity contribution in [1.29, 1.82) is 0 Å². The van der Waals surface area contributed by atoms with Crippen LogP contribution in [0.15, 0.2) is 78.6 Å². The molecule has 29 heavy (non-hydrogen) atoms. The van der Waals surface area contributed by atoms with E-state index in [9.17, 15) is 9.59 Å². The second-order valence-electron chi connectivity index (χ2n) is 6.26. The van der Waals surface area contributed by atoms with Gasteiger partial charge in [0.2, 0.25) is 0 Å². The van der Waals surface area contributed by atoms with Gasteiger partial charge in [0.05, 0.1) is 5.69 Å².